The summed E-state index contributed by atoms with van der Waals surface area (Å²) in [5.41, 5.74) is 2.97. The van der Waals surface area contributed by atoms with E-state index in [0.29, 0.717) is 38.5 Å². The number of carbonyl (C=O) groups excluding carboxylic acids is 2. The molecule has 0 radical (unpaired) electrons. The van der Waals surface area contributed by atoms with E-state index in [2.05, 4.69) is 10.3 Å². The van der Waals surface area contributed by atoms with Gasteiger partial charge in [-0.05, 0) is 31.0 Å². The SMILES string of the molecule is Cc1cc(OCCCC(=O)N(C)C)cc2c1N=C1NC(=O)CN1C2. The van der Waals surface area contributed by atoms with Crippen LogP contribution in [0, 0.1) is 6.92 Å². The second kappa shape index (κ2) is 6.51. The van der Waals surface area contributed by atoms with Crippen LogP contribution < -0.4 is 10.1 Å². The van der Waals surface area contributed by atoms with Gasteiger partial charge < -0.3 is 14.5 Å². The Morgan fingerprint density at radius 3 is 2.92 bits per heavy atom. The zero-order valence-electron chi connectivity index (χ0n) is 14.3. The minimum absolute atomic E-state index is 0.0266. The maximum absolute atomic E-state index is 11.5. The fraction of sp³-hybridized carbons (Fsp3) is 0.471. The number of carbonyl (C=O) groups is 2. The predicted molar refractivity (Wildman–Crippen MR) is 90.2 cm³/mol. The normalized spacial score (nSPS) is 15.4. The van der Waals surface area contributed by atoms with Crippen molar-refractivity contribution in [2.45, 2.75) is 26.3 Å². The molecule has 2 amide bonds. The number of nitrogens with zero attached hydrogens (tertiary/aromatic N) is 3. The highest BCUT2D eigenvalue weighted by Crippen LogP contribution is 2.34. The molecule has 7 nitrogen and oxygen atoms in total. The average molecular weight is 330 g/mol. The second-order valence-electron chi connectivity index (χ2n) is 6.33. The van der Waals surface area contributed by atoms with Crippen molar-refractivity contribution >= 4 is 23.5 Å². The number of nitrogens with one attached hydrogen (secondary N) is 1. The summed E-state index contributed by atoms with van der Waals surface area (Å²) in [4.78, 5) is 31.1. The maximum atomic E-state index is 11.5. The molecule has 128 valence electrons. The van der Waals surface area contributed by atoms with Crippen molar-refractivity contribution in [3.8, 4) is 5.75 Å². The van der Waals surface area contributed by atoms with Crippen LogP contribution in [0.25, 0.3) is 0 Å². The van der Waals surface area contributed by atoms with Crippen LogP contribution in [-0.2, 0) is 16.1 Å². The number of amides is 2. The topological polar surface area (TPSA) is 74.2 Å². The van der Waals surface area contributed by atoms with E-state index in [-0.39, 0.29) is 11.8 Å². The van der Waals surface area contributed by atoms with Crippen LogP contribution in [-0.4, -0.2) is 54.8 Å². The van der Waals surface area contributed by atoms with Crippen molar-refractivity contribution in [3.05, 3.63) is 23.3 Å². The quantitative estimate of drug-likeness (QED) is 0.823. The fourth-order valence-corrected chi connectivity index (χ4v) is 2.85. The number of fused-ring (bicyclic) bond motifs is 2. The van der Waals surface area contributed by atoms with Gasteiger partial charge in [-0.15, -0.1) is 0 Å². The van der Waals surface area contributed by atoms with Crippen molar-refractivity contribution in [1.29, 1.82) is 0 Å². The van der Waals surface area contributed by atoms with Gasteiger partial charge in [0.25, 0.3) is 0 Å². The third kappa shape index (κ3) is 3.34. The summed E-state index contributed by atoms with van der Waals surface area (Å²) in [7, 11) is 3.51. The molecule has 2 aliphatic rings. The van der Waals surface area contributed by atoms with Crippen molar-refractivity contribution in [2.24, 2.45) is 4.99 Å². The molecule has 0 aliphatic carbocycles. The third-order valence-electron chi connectivity index (χ3n) is 4.12. The Kier molecular flexibility index (Phi) is 4.42. The Morgan fingerprint density at radius 1 is 1.38 bits per heavy atom. The van der Waals surface area contributed by atoms with Crippen LogP contribution >= 0.6 is 0 Å². The molecule has 0 spiro atoms. The van der Waals surface area contributed by atoms with Crippen LogP contribution in [0.2, 0.25) is 0 Å². The molecule has 2 heterocycles. The van der Waals surface area contributed by atoms with Gasteiger partial charge >= 0.3 is 0 Å². The van der Waals surface area contributed by atoms with Gasteiger partial charge in [-0.1, -0.05) is 0 Å². The summed E-state index contributed by atoms with van der Waals surface area (Å²) in [6.07, 6.45) is 1.16. The predicted octanol–water partition coefficient (Wildman–Crippen LogP) is 1.18. The molecule has 0 unspecified atom stereocenters. The van der Waals surface area contributed by atoms with E-state index in [1.165, 1.54) is 0 Å². The first-order valence-corrected chi connectivity index (χ1v) is 8.04. The van der Waals surface area contributed by atoms with Crippen molar-refractivity contribution in [1.82, 2.24) is 15.1 Å². The molecule has 1 saturated heterocycles. The Hall–Kier alpha value is -2.57. The summed E-state index contributed by atoms with van der Waals surface area (Å²) in [5.74, 6) is 1.49. The fourth-order valence-electron chi connectivity index (χ4n) is 2.85. The second-order valence-corrected chi connectivity index (χ2v) is 6.33. The van der Waals surface area contributed by atoms with Gasteiger partial charge in [0, 0.05) is 32.6 Å². The molecule has 2 aliphatic heterocycles. The smallest absolute Gasteiger partial charge is 0.246 e. The third-order valence-corrected chi connectivity index (χ3v) is 4.12. The van der Waals surface area contributed by atoms with E-state index in [0.717, 1.165) is 22.6 Å². The molecule has 7 heteroatoms. The van der Waals surface area contributed by atoms with E-state index in [1.807, 2.05) is 24.0 Å². The van der Waals surface area contributed by atoms with Gasteiger partial charge in [0.1, 0.15) is 12.3 Å². The summed E-state index contributed by atoms with van der Waals surface area (Å²) in [6, 6.07) is 3.92. The lowest BCUT2D eigenvalue weighted by Gasteiger charge is -2.24. The Bertz CT molecular complexity index is 712. The van der Waals surface area contributed by atoms with Crippen molar-refractivity contribution < 1.29 is 14.3 Å². The number of rotatable bonds is 5. The molecule has 0 saturated carbocycles. The minimum atomic E-state index is -0.0266. The lowest BCUT2D eigenvalue weighted by atomic mass is 10.1. The molecular weight excluding hydrogens is 308 g/mol. The number of benzene rings is 1. The largest absolute Gasteiger partial charge is 0.494 e. The summed E-state index contributed by atoms with van der Waals surface area (Å²) in [6.45, 7) is 3.47. The van der Waals surface area contributed by atoms with Crippen LogP contribution in [0.15, 0.2) is 17.1 Å². The van der Waals surface area contributed by atoms with Gasteiger partial charge in [0.2, 0.25) is 17.8 Å². The van der Waals surface area contributed by atoms with Gasteiger partial charge in [0.05, 0.1) is 12.3 Å². The molecule has 0 bridgehead atoms. The number of ether oxygens (including phenoxy) is 1. The molecule has 3 rings (SSSR count). The van der Waals surface area contributed by atoms with Crippen LogP contribution in [0.3, 0.4) is 0 Å². The molecule has 1 aromatic rings. The van der Waals surface area contributed by atoms with Crippen LogP contribution in [0.1, 0.15) is 24.0 Å². The zero-order valence-corrected chi connectivity index (χ0v) is 14.3. The van der Waals surface area contributed by atoms with E-state index in [1.54, 1.807) is 19.0 Å². The van der Waals surface area contributed by atoms with Crippen molar-refractivity contribution in [3.63, 3.8) is 0 Å². The molecule has 24 heavy (non-hydrogen) atoms. The summed E-state index contributed by atoms with van der Waals surface area (Å²) >= 11 is 0. The molecule has 0 aromatic heterocycles. The summed E-state index contributed by atoms with van der Waals surface area (Å²) in [5, 5.41) is 2.77. The Labute approximate surface area is 141 Å². The highest BCUT2D eigenvalue weighted by molar-refractivity contribution is 6.06. The number of hydrogen-bond donors (Lipinski definition) is 1. The lowest BCUT2D eigenvalue weighted by molar-refractivity contribution is -0.128. The number of guanidine groups is 1. The minimum Gasteiger partial charge on any atom is -0.494 e. The highest BCUT2D eigenvalue weighted by atomic mass is 16.5. The molecular formula is C17H22N4O3. The van der Waals surface area contributed by atoms with Crippen LogP contribution in [0.5, 0.6) is 5.75 Å². The standard InChI is InChI=1S/C17H22N4O3/c1-11-7-13(24-6-4-5-15(23)20(2)3)8-12-9-21-10-14(22)18-17(21)19-16(11)12/h7-8H,4-6,9-10H2,1-3H3,(H,18,19,22). The first-order chi connectivity index (χ1) is 11.4. The Morgan fingerprint density at radius 2 is 2.17 bits per heavy atom. The number of aryl methyl sites for hydroxylation is 1. The van der Waals surface area contributed by atoms with Gasteiger partial charge in [-0.25, -0.2) is 4.99 Å². The van der Waals surface area contributed by atoms with Gasteiger partial charge in [-0.2, -0.15) is 0 Å². The lowest BCUT2D eigenvalue weighted by Crippen LogP contribution is -2.32. The van der Waals surface area contributed by atoms with Crippen LogP contribution in [0.4, 0.5) is 5.69 Å². The Balaban J connectivity index is 1.64. The van der Waals surface area contributed by atoms with Gasteiger partial charge in [-0.3, -0.25) is 14.9 Å². The van der Waals surface area contributed by atoms with E-state index in [9.17, 15) is 9.59 Å². The first kappa shape index (κ1) is 16.3. The first-order valence-electron chi connectivity index (χ1n) is 8.04. The monoisotopic (exact) mass is 330 g/mol. The van der Waals surface area contributed by atoms with Crippen molar-refractivity contribution in [2.75, 3.05) is 27.2 Å². The number of aliphatic imine (C=N–C) groups is 1. The molecule has 1 N–H and O–H groups in total. The van der Waals surface area contributed by atoms with E-state index >= 15 is 0 Å². The zero-order chi connectivity index (χ0) is 17.3. The molecule has 1 fully saturated rings. The van der Waals surface area contributed by atoms with E-state index in [4.69, 9.17) is 4.74 Å². The molecule has 1 aromatic carbocycles. The van der Waals surface area contributed by atoms with E-state index < -0.39 is 0 Å². The highest BCUT2D eigenvalue weighted by Gasteiger charge is 2.29. The maximum Gasteiger partial charge on any atom is 0.246 e. The summed E-state index contributed by atoms with van der Waals surface area (Å²) < 4.78 is 5.80. The number of hydrogen-bond acceptors (Lipinski definition) is 5. The molecule has 0 atom stereocenters. The average Bonchev–Trinajstić information content (AvgIpc) is 2.88. The van der Waals surface area contributed by atoms with Gasteiger partial charge in [0.15, 0.2) is 0 Å².